The zero-order chi connectivity index (χ0) is 13.7. The molecule has 1 fully saturated rings. The number of rotatable bonds is 6. The van der Waals surface area contributed by atoms with Gasteiger partial charge in [-0.25, -0.2) is 0 Å². The standard InChI is InChI=1S/C14H26N4S/c1-4-19-14-17-16-13(18(14)3)9-10-15-12-7-5-11(2)6-8-12/h11-12,15H,4-10H2,1-3H3. The second kappa shape index (κ2) is 7.29. The van der Waals surface area contributed by atoms with Gasteiger partial charge in [0.15, 0.2) is 5.16 Å². The summed E-state index contributed by atoms with van der Waals surface area (Å²) < 4.78 is 2.12. The molecule has 2 rings (SSSR count). The van der Waals surface area contributed by atoms with Gasteiger partial charge in [-0.1, -0.05) is 25.6 Å². The summed E-state index contributed by atoms with van der Waals surface area (Å²) in [6.07, 6.45) is 6.38. The predicted molar refractivity (Wildman–Crippen MR) is 80.5 cm³/mol. The molecule has 1 aliphatic rings. The van der Waals surface area contributed by atoms with Gasteiger partial charge in [-0.2, -0.15) is 0 Å². The van der Waals surface area contributed by atoms with Crippen LogP contribution in [-0.4, -0.2) is 33.1 Å². The molecule has 4 nitrogen and oxygen atoms in total. The van der Waals surface area contributed by atoms with E-state index >= 15 is 0 Å². The van der Waals surface area contributed by atoms with Crippen molar-refractivity contribution in [3.63, 3.8) is 0 Å². The molecule has 0 aromatic carbocycles. The van der Waals surface area contributed by atoms with Crippen molar-refractivity contribution in [1.29, 1.82) is 0 Å². The average Bonchev–Trinajstić information content (AvgIpc) is 2.75. The number of hydrogen-bond donors (Lipinski definition) is 1. The molecule has 0 radical (unpaired) electrons. The Morgan fingerprint density at radius 2 is 2.00 bits per heavy atom. The first kappa shape index (κ1) is 14.9. The third kappa shape index (κ3) is 4.21. The highest BCUT2D eigenvalue weighted by molar-refractivity contribution is 7.99. The van der Waals surface area contributed by atoms with E-state index in [9.17, 15) is 0 Å². The highest BCUT2D eigenvalue weighted by Gasteiger charge is 2.17. The van der Waals surface area contributed by atoms with Crippen LogP contribution in [0, 0.1) is 5.92 Å². The topological polar surface area (TPSA) is 42.7 Å². The highest BCUT2D eigenvalue weighted by atomic mass is 32.2. The lowest BCUT2D eigenvalue weighted by Gasteiger charge is -2.26. The Morgan fingerprint density at radius 3 is 2.68 bits per heavy atom. The van der Waals surface area contributed by atoms with Crippen molar-refractivity contribution >= 4 is 11.8 Å². The maximum absolute atomic E-state index is 4.28. The van der Waals surface area contributed by atoms with Gasteiger partial charge >= 0.3 is 0 Å². The lowest BCUT2D eigenvalue weighted by Crippen LogP contribution is -2.34. The van der Waals surface area contributed by atoms with Crippen LogP contribution in [0.25, 0.3) is 0 Å². The molecule has 1 N–H and O–H groups in total. The number of thioether (sulfide) groups is 1. The van der Waals surface area contributed by atoms with Gasteiger partial charge in [-0.15, -0.1) is 10.2 Å². The van der Waals surface area contributed by atoms with E-state index in [0.717, 1.165) is 35.6 Å². The Kier molecular flexibility index (Phi) is 5.70. The normalized spacial score (nSPS) is 23.7. The summed E-state index contributed by atoms with van der Waals surface area (Å²) in [7, 11) is 2.07. The molecule has 1 aromatic rings. The summed E-state index contributed by atoms with van der Waals surface area (Å²) in [6, 6.07) is 0.717. The number of nitrogens with zero attached hydrogens (tertiary/aromatic N) is 3. The van der Waals surface area contributed by atoms with E-state index in [1.54, 1.807) is 11.8 Å². The van der Waals surface area contributed by atoms with Crippen LogP contribution < -0.4 is 5.32 Å². The summed E-state index contributed by atoms with van der Waals surface area (Å²) >= 11 is 1.75. The summed E-state index contributed by atoms with van der Waals surface area (Å²) in [5.74, 6) is 3.06. The second-order valence-corrected chi connectivity index (χ2v) is 6.78. The molecule has 1 aromatic heterocycles. The Bertz CT molecular complexity index is 383. The van der Waals surface area contributed by atoms with E-state index < -0.39 is 0 Å². The molecule has 0 bridgehead atoms. The molecule has 0 aliphatic heterocycles. The highest BCUT2D eigenvalue weighted by Crippen LogP contribution is 2.23. The first-order chi connectivity index (χ1) is 9.20. The molecule has 1 aliphatic carbocycles. The summed E-state index contributed by atoms with van der Waals surface area (Å²) in [5.41, 5.74) is 0. The fraction of sp³-hybridized carbons (Fsp3) is 0.857. The molecule has 19 heavy (non-hydrogen) atoms. The molecule has 0 spiro atoms. The van der Waals surface area contributed by atoms with Crippen molar-refractivity contribution in [1.82, 2.24) is 20.1 Å². The number of hydrogen-bond acceptors (Lipinski definition) is 4. The van der Waals surface area contributed by atoms with Crippen LogP contribution in [-0.2, 0) is 13.5 Å². The molecule has 0 atom stereocenters. The van der Waals surface area contributed by atoms with E-state index in [1.165, 1.54) is 25.7 Å². The fourth-order valence-electron chi connectivity index (χ4n) is 2.67. The molecular weight excluding hydrogens is 256 g/mol. The Balaban J connectivity index is 1.73. The molecule has 0 unspecified atom stereocenters. The second-order valence-electron chi connectivity index (χ2n) is 5.55. The van der Waals surface area contributed by atoms with Gasteiger partial charge in [0.25, 0.3) is 0 Å². The zero-order valence-corrected chi connectivity index (χ0v) is 13.2. The van der Waals surface area contributed by atoms with Gasteiger partial charge in [0, 0.05) is 26.1 Å². The maximum Gasteiger partial charge on any atom is 0.190 e. The van der Waals surface area contributed by atoms with E-state index in [0.29, 0.717) is 6.04 Å². The minimum Gasteiger partial charge on any atom is -0.314 e. The quantitative estimate of drug-likeness (QED) is 0.815. The minimum absolute atomic E-state index is 0.717. The van der Waals surface area contributed by atoms with Gasteiger partial charge in [0.05, 0.1) is 0 Å². The first-order valence-corrected chi connectivity index (χ1v) is 8.43. The van der Waals surface area contributed by atoms with Crippen LogP contribution in [0.2, 0.25) is 0 Å². The molecule has 0 amide bonds. The molecular formula is C14H26N4S. The largest absolute Gasteiger partial charge is 0.314 e. The average molecular weight is 282 g/mol. The molecule has 108 valence electrons. The Morgan fingerprint density at radius 1 is 1.26 bits per heavy atom. The van der Waals surface area contributed by atoms with Crippen molar-refractivity contribution in [2.75, 3.05) is 12.3 Å². The smallest absolute Gasteiger partial charge is 0.190 e. The van der Waals surface area contributed by atoms with Gasteiger partial charge in [0.1, 0.15) is 5.82 Å². The predicted octanol–water partition coefficient (Wildman–Crippen LogP) is 2.64. The van der Waals surface area contributed by atoms with Crippen molar-refractivity contribution in [3.05, 3.63) is 5.82 Å². The SMILES string of the molecule is CCSc1nnc(CCNC2CCC(C)CC2)n1C. The third-order valence-corrected chi connectivity index (χ3v) is 4.90. The third-order valence-electron chi connectivity index (χ3n) is 4.00. The maximum atomic E-state index is 4.28. The van der Waals surface area contributed by atoms with Gasteiger partial charge in [-0.3, -0.25) is 0 Å². The monoisotopic (exact) mass is 282 g/mol. The zero-order valence-electron chi connectivity index (χ0n) is 12.4. The fourth-order valence-corrected chi connectivity index (χ4v) is 3.33. The van der Waals surface area contributed by atoms with Crippen molar-refractivity contribution < 1.29 is 0 Å². The van der Waals surface area contributed by atoms with E-state index in [4.69, 9.17) is 0 Å². The Labute approximate surface area is 120 Å². The van der Waals surface area contributed by atoms with Gasteiger partial charge in [0.2, 0.25) is 0 Å². The van der Waals surface area contributed by atoms with Gasteiger partial charge < -0.3 is 9.88 Å². The lowest BCUT2D eigenvalue weighted by atomic mass is 9.87. The van der Waals surface area contributed by atoms with Crippen LogP contribution in [0.4, 0.5) is 0 Å². The van der Waals surface area contributed by atoms with Crippen LogP contribution >= 0.6 is 11.8 Å². The van der Waals surface area contributed by atoms with Crippen molar-refractivity contribution in [2.24, 2.45) is 13.0 Å². The molecule has 0 saturated heterocycles. The van der Waals surface area contributed by atoms with E-state index in [2.05, 4.69) is 41.0 Å². The van der Waals surface area contributed by atoms with Crippen LogP contribution in [0.15, 0.2) is 5.16 Å². The van der Waals surface area contributed by atoms with E-state index in [-0.39, 0.29) is 0 Å². The number of aromatic nitrogens is 3. The number of nitrogens with one attached hydrogen (secondary N) is 1. The molecule has 1 heterocycles. The molecule has 1 saturated carbocycles. The van der Waals surface area contributed by atoms with Crippen LogP contribution in [0.3, 0.4) is 0 Å². The van der Waals surface area contributed by atoms with Gasteiger partial charge in [-0.05, 0) is 37.4 Å². The Hall–Kier alpha value is -0.550. The molecule has 5 heteroatoms. The van der Waals surface area contributed by atoms with Crippen LogP contribution in [0.5, 0.6) is 0 Å². The van der Waals surface area contributed by atoms with E-state index in [1.807, 2.05) is 0 Å². The van der Waals surface area contributed by atoms with Crippen LogP contribution in [0.1, 0.15) is 45.4 Å². The van der Waals surface area contributed by atoms with Crippen molar-refractivity contribution in [3.8, 4) is 0 Å². The summed E-state index contributed by atoms with van der Waals surface area (Å²) in [4.78, 5) is 0. The summed E-state index contributed by atoms with van der Waals surface area (Å²) in [5, 5.41) is 13.2. The first-order valence-electron chi connectivity index (χ1n) is 7.45. The lowest BCUT2D eigenvalue weighted by molar-refractivity contribution is 0.308. The summed E-state index contributed by atoms with van der Waals surface area (Å²) in [6.45, 7) is 5.52. The minimum atomic E-state index is 0.717. The van der Waals surface area contributed by atoms with Crippen molar-refractivity contribution in [2.45, 2.75) is 57.1 Å².